The summed E-state index contributed by atoms with van der Waals surface area (Å²) in [4.78, 5) is 73.3. The third kappa shape index (κ3) is 78.7. The van der Waals surface area contributed by atoms with E-state index in [4.69, 9.17) is 37.0 Å². The predicted octanol–water partition coefficient (Wildman–Crippen LogP) is 26.6. The third-order valence-corrected chi connectivity index (χ3v) is 22.7. The fourth-order valence-corrected chi connectivity index (χ4v) is 15.1. The minimum atomic E-state index is -4.97. The van der Waals surface area contributed by atoms with E-state index in [0.717, 1.165) is 102 Å². The van der Waals surface area contributed by atoms with Gasteiger partial charge in [-0.15, -0.1) is 0 Å². The van der Waals surface area contributed by atoms with Gasteiger partial charge in [0, 0.05) is 25.7 Å². The van der Waals surface area contributed by atoms with Gasteiger partial charge in [-0.3, -0.25) is 37.3 Å². The van der Waals surface area contributed by atoms with Crippen molar-refractivity contribution in [1.82, 2.24) is 0 Å². The van der Waals surface area contributed by atoms with E-state index in [1.165, 1.54) is 283 Å². The molecule has 0 aromatic rings. The fraction of sp³-hybridized carbons (Fsp3) is 0.954. The second kappa shape index (κ2) is 78.3. The van der Waals surface area contributed by atoms with Crippen molar-refractivity contribution in [2.75, 3.05) is 39.6 Å². The molecule has 0 heterocycles. The first-order valence-electron chi connectivity index (χ1n) is 45.0. The molecule has 0 radical (unpaired) electrons. The normalized spacial score (nSPS) is 14.1. The van der Waals surface area contributed by atoms with Crippen LogP contribution in [-0.4, -0.2) is 96.7 Å². The van der Waals surface area contributed by atoms with Crippen LogP contribution in [0.1, 0.15) is 465 Å². The molecule has 0 fully saturated rings. The molecule has 0 spiro atoms. The maximum Gasteiger partial charge on any atom is 0.472 e. The molecule has 3 N–H and O–H groups in total. The van der Waals surface area contributed by atoms with E-state index in [-0.39, 0.29) is 25.7 Å². The molecular formula is C87H170O17P2. The molecule has 0 saturated heterocycles. The van der Waals surface area contributed by atoms with Gasteiger partial charge >= 0.3 is 39.5 Å². The number of carbonyl (C=O) groups excluding carboxylic acids is 4. The van der Waals surface area contributed by atoms with E-state index < -0.39 is 97.5 Å². The van der Waals surface area contributed by atoms with E-state index in [1.807, 2.05) is 0 Å². The Balaban J connectivity index is 5.27. The first-order chi connectivity index (χ1) is 51.4. The van der Waals surface area contributed by atoms with Crippen LogP contribution in [0, 0.1) is 11.8 Å². The average Bonchev–Trinajstić information content (AvgIpc) is 0.906. The van der Waals surface area contributed by atoms with Gasteiger partial charge < -0.3 is 33.8 Å². The molecule has 0 bridgehead atoms. The highest BCUT2D eigenvalue weighted by Crippen LogP contribution is 2.45. The van der Waals surface area contributed by atoms with Gasteiger partial charge in [-0.25, -0.2) is 9.13 Å². The number of hydrogen-bond acceptors (Lipinski definition) is 15. The number of esters is 4. The number of carbonyl (C=O) groups is 4. The Morgan fingerprint density at radius 1 is 0.274 bits per heavy atom. The summed E-state index contributed by atoms with van der Waals surface area (Å²) in [6.07, 6.45) is 70.6. The molecule has 17 nitrogen and oxygen atoms in total. The van der Waals surface area contributed by atoms with Gasteiger partial charge in [0.15, 0.2) is 12.2 Å². The first-order valence-corrected chi connectivity index (χ1v) is 48.0. The lowest BCUT2D eigenvalue weighted by Gasteiger charge is -2.21. The van der Waals surface area contributed by atoms with Gasteiger partial charge in [0.1, 0.15) is 19.3 Å². The molecule has 6 atom stereocenters. The summed E-state index contributed by atoms with van der Waals surface area (Å²) in [5, 5.41) is 10.7. The molecule has 630 valence electrons. The van der Waals surface area contributed by atoms with E-state index >= 15 is 0 Å². The molecule has 19 heteroatoms. The molecule has 0 aliphatic heterocycles. The van der Waals surface area contributed by atoms with Gasteiger partial charge in [-0.05, 0) is 37.5 Å². The van der Waals surface area contributed by atoms with Crippen LogP contribution in [0.3, 0.4) is 0 Å². The highest BCUT2D eigenvalue weighted by atomic mass is 31.2. The first kappa shape index (κ1) is 104. The van der Waals surface area contributed by atoms with Crippen LogP contribution in [-0.2, 0) is 65.4 Å². The van der Waals surface area contributed by atoms with Gasteiger partial charge in [0.25, 0.3) is 0 Å². The Bertz CT molecular complexity index is 2030. The quantitative estimate of drug-likeness (QED) is 0.0222. The number of rotatable bonds is 86. The van der Waals surface area contributed by atoms with Crippen LogP contribution in [0.4, 0.5) is 0 Å². The van der Waals surface area contributed by atoms with Crippen molar-refractivity contribution in [3.63, 3.8) is 0 Å². The van der Waals surface area contributed by atoms with Crippen LogP contribution < -0.4 is 0 Å². The van der Waals surface area contributed by atoms with Crippen molar-refractivity contribution >= 4 is 39.5 Å². The highest BCUT2D eigenvalue weighted by Gasteiger charge is 2.30. The molecule has 3 unspecified atom stereocenters. The second-order valence-corrected chi connectivity index (χ2v) is 34.9. The van der Waals surface area contributed by atoms with Gasteiger partial charge in [0.2, 0.25) is 0 Å². The zero-order valence-electron chi connectivity index (χ0n) is 69.7. The third-order valence-electron chi connectivity index (χ3n) is 20.8. The Morgan fingerprint density at radius 3 is 0.717 bits per heavy atom. The molecule has 0 aliphatic carbocycles. The lowest BCUT2D eigenvalue weighted by atomic mass is 9.99. The van der Waals surface area contributed by atoms with Crippen molar-refractivity contribution in [1.29, 1.82) is 0 Å². The zero-order chi connectivity index (χ0) is 77.8. The molecule has 106 heavy (non-hydrogen) atoms. The summed E-state index contributed by atoms with van der Waals surface area (Å²) in [6.45, 7) is 9.76. The van der Waals surface area contributed by atoms with Crippen LogP contribution >= 0.6 is 15.6 Å². The minimum absolute atomic E-state index is 0.108. The van der Waals surface area contributed by atoms with Crippen LogP contribution in [0.2, 0.25) is 0 Å². The Hall–Kier alpha value is -1.94. The summed E-state index contributed by atoms with van der Waals surface area (Å²) < 4.78 is 69.0. The summed E-state index contributed by atoms with van der Waals surface area (Å²) in [6, 6.07) is 0. The minimum Gasteiger partial charge on any atom is -0.462 e. The van der Waals surface area contributed by atoms with E-state index in [9.17, 15) is 43.2 Å². The zero-order valence-corrected chi connectivity index (χ0v) is 71.5. The van der Waals surface area contributed by atoms with E-state index in [2.05, 4.69) is 41.5 Å². The molecule has 0 aliphatic rings. The summed E-state index contributed by atoms with van der Waals surface area (Å²) in [5.74, 6) is -0.461. The Kier molecular flexibility index (Phi) is 76.9. The maximum absolute atomic E-state index is 13.2. The number of ether oxygens (including phenoxy) is 4. The average molecular weight is 1550 g/mol. The van der Waals surface area contributed by atoms with Crippen LogP contribution in [0.5, 0.6) is 0 Å². The summed E-state index contributed by atoms with van der Waals surface area (Å²) in [5.41, 5.74) is 0. The predicted molar refractivity (Wildman–Crippen MR) is 437 cm³/mol. The van der Waals surface area contributed by atoms with Crippen LogP contribution in [0.25, 0.3) is 0 Å². The molecule has 0 aromatic carbocycles. The monoisotopic (exact) mass is 1550 g/mol. The maximum atomic E-state index is 13.2. The van der Waals surface area contributed by atoms with Gasteiger partial charge in [0.05, 0.1) is 26.4 Å². The number of hydrogen-bond donors (Lipinski definition) is 3. The molecule has 0 amide bonds. The van der Waals surface area contributed by atoms with Gasteiger partial charge in [-0.1, -0.05) is 414 Å². The largest absolute Gasteiger partial charge is 0.472 e. The molecule has 0 aromatic heterocycles. The molecule has 0 rings (SSSR count). The Morgan fingerprint density at radius 2 is 0.481 bits per heavy atom. The Labute approximate surface area is 651 Å². The van der Waals surface area contributed by atoms with Gasteiger partial charge in [-0.2, -0.15) is 0 Å². The van der Waals surface area contributed by atoms with Crippen molar-refractivity contribution in [2.24, 2.45) is 11.8 Å². The lowest BCUT2D eigenvalue weighted by molar-refractivity contribution is -0.161. The number of aliphatic hydroxyl groups is 1. The van der Waals surface area contributed by atoms with Crippen molar-refractivity contribution < 1.29 is 80.2 Å². The molecule has 0 saturated carbocycles. The highest BCUT2D eigenvalue weighted by molar-refractivity contribution is 7.47. The number of aliphatic hydroxyl groups excluding tert-OH is 1. The van der Waals surface area contributed by atoms with E-state index in [1.54, 1.807) is 0 Å². The van der Waals surface area contributed by atoms with Crippen molar-refractivity contribution in [2.45, 2.75) is 484 Å². The van der Waals surface area contributed by atoms with E-state index in [0.29, 0.717) is 25.7 Å². The number of unbranched alkanes of at least 4 members (excludes halogenated alkanes) is 55. The number of phosphoric ester groups is 2. The number of phosphoric acid groups is 2. The van der Waals surface area contributed by atoms with Crippen molar-refractivity contribution in [3.05, 3.63) is 0 Å². The summed E-state index contributed by atoms with van der Waals surface area (Å²) >= 11 is 0. The SMILES string of the molecule is CCCCCCCCCCCCCCCCCCCCCC(=O)O[C@H](COC(=O)CCCCCCCCCCCCCCCCC(C)CC)COP(=O)(O)OC[C@@H](O)COP(=O)(O)OC[C@@H](COC(=O)CCCCCCCCCCCCCCC)OC(=O)CCCCCCCCCCCCCCCC(C)C. The van der Waals surface area contributed by atoms with Crippen molar-refractivity contribution in [3.8, 4) is 0 Å². The topological polar surface area (TPSA) is 237 Å². The summed E-state index contributed by atoms with van der Waals surface area (Å²) in [7, 11) is -9.93. The van der Waals surface area contributed by atoms with Crippen LogP contribution in [0.15, 0.2) is 0 Å². The molecular weight excluding hydrogens is 1380 g/mol. The standard InChI is InChI=1S/C87H170O17P2/c1-7-10-12-14-16-18-20-22-23-24-25-26-27-35-41-47-53-59-65-71-86(91)103-83(76-98-85(90)70-64-58-52-46-40-34-29-28-33-38-44-50-56-62-68-80(6)9-3)78-102-106(95,96)100-74-81(88)73-99-105(93,94)101-77-82(75-97-84(89)69-63-57-51-45-39-31-21-19-17-15-13-11-8-2)104-87(92)72-66-60-54-48-42-36-30-32-37-43-49-55-61-67-79(4)5/h79-83,88H,7-78H2,1-6H3,(H,93,94)(H,95,96)/t80?,81-,82+,83+/m0/s1. The lowest BCUT2D eigenvalue weighted by Crippen LogP contribution is -2.30. The second-order valence-electron chi connectivity index (χ2n) is 32.0. The smallest absolute Gasteiger partial charge is 0.462 e. The fourth-order valence-electron chi connectivity index (χ4n) is 13.6.